The summed E-state index contributed by atoms with van der Waals surface area (Å²) in [5.74, 6) is -0.172. The van der Waals surface area contributed by atoms with Gasteiger partial charge in [0.1, 0.15) is 0 Å². The van der Waals surface area contributed by atoms with Crippen LogP contribution in [0.15, 0.2) is 0 Å². The summed E-state index contributed by atoms with van der Waals surface area (Å²) in [5.41, 5.74) is 5.44. The van der Waals surface area contributed by atoms with Crippen molar-refractivity contribution < 1.29 is 4.79 Å². The fraction of sp³-hybridized carbons (Fsp3) is 0.857. The van der Waals surface area contributed by atoms with E-state index in [1.54, 1.807) is 0 Å². The van der Waals surface area contributed by atoms with E-state index in [0.717, 1.165) is 0 Å². The summed E-state index contributed by atoms with van der Waals surface area (Å²) in [5, 5.41) is 2.75. The van der Waals surface area contributed by atoms with Crippen molar-refractivity contribution in [3.8, 4) is 0 Å². The van der Waals surface area contributed by atoms with Crippen molar-refractivity contribution in [1.82, 2.24) is 5.32 Å². The van der Waals surface area contributed by atoms with Crippen LogP contribution in [-0.2, 0) is 4.79 Å². The van der Waals surface area contributed by atoms with Gasteiger partial charge in [-0.2, -0.15) is 0 Å². The van der Waals surface area contributed by atoms with E-state index in [1.807, 2.05) is 13.8 Å². The first-order valence-corrected chi connectivity index (χ1v) is 6.12. The van der Waals surface area contributed by atoms with Crippen LogP contribution in [0.25, 0.3) is 0 Å². The standard InChI is InChI=1S/C7H13Br3N2O/c1-6(2,3-11)4-12-5(13)7(8,9)10/h3-4,11H2,1-2H3,(H,12,13). The molecular weight excluding hydrogens is 368 g/mol. The van der Waals surface area contributed by atoms with Crippen LogP contribution in [0.3, 0.4) is 0 Å². The summed E-state index contributed by atoms with van der Waals surface area (Å²) in [4.78, 5) is 11.3. The van der Waals surface area contributed by atoms with Gasteiger partial charge in [0, 0.05) is 6.54 Å². The van der Waals surface area contributed by atoms with E-state index in [0.29, 0.717) is 13.1 Å². The third-order valence-corrected chi connectivity index (χ3v) is 2.62. The SMILES string of the molecule is CC(C)(CN)CNC(=O)C(Br)(Br)Br. The Bertz CT molecular complexity index is 189. The van der Waals surface area contributed by atoms with E-state index >= 15 is 0 Å². The number of nitrogens with two attached hydrogens (primary N) is 1. The molecule has 0 saturated carbocycles. The van der Waals surface area contributed by atoms with E-state index in [2.05, 4.69) is 53.1 Å². The third kappa shape index (κ3) is 6.04. The zero-order valence-corrected chi connectivity index (χ0v) is 12.3. The van der Waals surface area contributed by atoms with E-state index in [4.69, 9.17) is 5.73 Å². The van der Waals surface area contributed by atoms with Gasteiger partial charge in [-0.1, -0.05) is 13.8 Å². The highest BCUT2D eigenvalue weighted by Crippen LogP contribution is 2.33. The second-order valence-electron chi connectivity index (χ2n) is 3.55. The van der Waals surface area contributed by atoms with Crippen LogP contribution < -0.4 is 11.1 Å². The van der Waals surface area contributed by atoms with Gasteiger partial charge in [0.15, 0.2) is 0 Å². The highest BCUT2D eigenvalue weighted by atomic mass is 80.0. The van der Waals surface area contributed by atoms with Crippen molar-refractivity contribution in [2.45, 2.75) is 16.0 Å². The molecule has 0 fully saturated rings. The fourth-order valence-corrected chi connectivity index (χ4v) is 0.912. The van der Waals surface area contributed by atoms with Crippen molar-refractivity contribution in [2.24, 2.45) is 11.1 Å². The van der Waals surface area contributed by atoms with Crippen molar-refractivity contribution in [3.63, 3.8) is 0 Å². The maximum absolute atomic E-state index is 11.3. The van der Waals surface area contributed by atoms with E-state index in [1.165, 1.54) is 0 Å². The number of nitrogens with one attached hydrogen (secondary N) is 1. The Labute approximate surface area is 104 Å². The molecule has 0 spiro atoms. The normalized spacial score (nSPS) is 12.8. The monoisotopic (exact) mass is 378 g/mol. The number of halogens is 3. The van der Waals surface area contributed by atoms with Crippen LogP contribution in [0.5, 0.6) is 0 Å². The molecule has 0 aliphatic heterocycles. The van der Waals surface area contributed by atoms with Crippen LogP contribution in [-0.4, -0.2) is 21.1 Å². The topological polar surface area (TPSA) is 55.1 Å². The van der Waals surface area contributed by atoms with Gasteiger partial charge in [-0.05, 0) is 59.7 Å². The molecule has 13 heavy (non-hydrogen) atoms. The Balaban J connectivity index is 3.98. The minimum atomic E-state index is -0.877. The smallest absolute Gasteiger partial charge is 0.258 e. The van der Waals surface area contributed by atoms with Crippen LogP contribution in [0, 0.1) is 5.41 Å². The average molecular weight is 381 g/mol. The number of carbonyl (C=O) groups excluding carboxylic acids is 1. The van der Waals surface area contributed by atoms with Crippen molar-refractivity contribution in [2.75, 3.05) is 13.1 Å². The molecule has 6 heteroatoms. The predicted octanol–water partition coefficient (Wildman–Crippen LogP) is 1.93. The van der Waals surface area contributed by atoms with Crippen LogP contribution >= 0.6 is 47.8 Å². The van der Waals surface area contributed by atoms with Crippen LogP contribution in [0.4, 0.5) is 0 Å². The number of carbonyl (C=O) groups is 1. The summed E-state index contributed by atoms with van der Waals surface area (Å²) in [6.45, 7) is 5.07. The zero-order chi connectivity index (χ0) is 10.7. The maximum Gasteiger partial charge on any atom is 0.258 e. The number of hydrogen-bond donors (Lipinski definition) is 2. The predicted molar refractivity (Wildman–Crippen MR) is 65.4 cm³/mol. The second-order valence-corrected chi connectivity index (χ2v) is 10.3. The molecule has 3 nitrogen and oxygen atoms in total. The molecule has 3 N–H and O–H groups in total. The largest absolute Gasteiger partial charge is 0.353 e. The van der Waals surface area contributed by atoms with Crippen LogP contribution in [0.2, 0.25) is 0 Å². The summed E-state index contributed by atoms with van der Waals surface area (Å²) >= 11 is 9.37. The van der Waals surface area contributed by atoms with Gasteiger partial charge in [0.25, 0.3) is 5.91 Å². The maximum atomic E-state index is 11.3. The number of hydrogen-bond acceptors (Lipinski definition) is 2. The molecule has 0 aromatic carbocycles. The van der Waals surface area contributed by atoms with Crippen molar-refractivity contribution in [1.29, 1.82) is 0 Å². The van der Waals surface area contributed by atoms with Crippen LogP contribution in [0.1, 0.15) is 13.8 Å². The molecule has 0 radical (unpaired) electrons. The quantitative estimate of drug-likeness (QED) is 0.735. The van der Waals surface area contributed by atoms with Crippen molar-refractivity contribution >= 4 is 53.7 Å². The molecular formula is C7H13Br3N2O. The third-order valence-electron chi connectivity index (χ3n) is 1.54. The number of amides is 1. The first-order chi connectivity index (χ1) is 5.69. The molecule has 0 aromatic heterocycles. The van der Waals surface area contributed by atoms with Gasteiger partial charge < -0.3 is 11.1 Å². The Morgan fingerprint density at radius 1 is 1.38 bits per heavy atom. The first kappa shape index (κ1) is 13.9. The molecule has 0 aromatic rings. The van der Waals surface area contributed by atoms with Gasteiger partial charge in [-0.25, -0.2) is 0 Å². The Morgan fingerprint density at radius 2 is 1.85 bits per heavy atom. The highest BCUT2D eigenvalue weighted by molar-refractivity contribution is 9.40. The Kier molecular flexibility index (Phi) is 5.43. The molecule has 0 unspecified atom stereocenters. The zero-order valence-electron chi connectivity index (χ0n) is 7.53. The fourth-order valence-electron chi connectivity index (χ4n) is 0.492. The summed E-state index contributed by atoms with van der Waals surface area (Å²) in [6.07, 6.45) is 0. The molecule has 0 aliphatic rings. The lowest BCUT2D eigenvalue weighted by atomic mass is 9.94. The second kappa shape index (κ2) is 5.09. The van der Waals surface area contributed by atoms with Crippen molar-refractivity contribution in [3.05, 3.63) is 0 Å². The Morgan fingerprint density at radius 3 is 2.15 bits per heavy atom. The Hall–Kier alpha value is 0.870. The molecule has 0 atom stereocenters. The molecule has 0 saturated heterocycles. The first-order valence-electron chi connectivity index (χ1n) is 3.74. The highest BCUT2D eigenvalue weighted by Gasteiger charge is 2.29. The summed E-state index contributed by atoms with van der Waals surface area (Å²) < 4.78 is -0.877. The molecule has 0 heterocycles. The number of alkyl halides is 3. The average Bonchev–Trinajstić information content (AvgIpc) is 1.98. The van der Waals surface area contributed by atoms with E-state index in [9.17, 15) is 4.79 Å². The van der Waals surface area contributed by atoms with Gasteiger partial charge in [-0.3, -0.25) is 4.79 Å². The van der Waals surface area contributed by atoms with Gasteiger partial charge in [0.05, 0.1) is 0 Å². The minimum Gasteiger partial charge on any atom is -0.353 e. The lowest BCUT2D eigenvalue weighted by Crippen LogP contribution is -2.42. The molecule has 78 valence electrons. The summed E-state index contributed by atoms with van der Waals surface area (Å²) in [6, 6.07) is 0. The molecule has 0 rings (SSSR count). The molecule has 0 bridgehead atoms. The lowest BCUT2D eigenvalue weighted by Gasteiger charge is -2.24. The van der Waals surface area contributed by atoms with Gasteiger partial charge in [-0.15, -0.1) is 0 Å². The lowest BCUT2D eigenvalue weighted by molar-refractivity contribution is -0.119. The molecule has 1 amide bonds. The van der Waals surface area contributed by atoms with E-state index < -0.39 is 2.14 Å². The van der Waals surface area contributed by atoms with Gasteiger partial charge in [0.2, 0.25) is 2.14 Å². The number of rotatable bonds is 3. The summed E-state index contributed by atoms with van der Waals surface area (Å²) in [7, 11) is 0. The van der Waals surface area contributed by atoms with E-state index in [-0.39, 0.29) is 11.3 Å². The minimum absolute atomic E-state index is 0.0755. The van der Waals surface area contributed by atoms with Gasteiger partial charge >= 0.3 is 0 Å². The molecule has 0 aliphatic carbocycles.